The van der Waals surface area contributed by atoms with Crippen LogP contribution in [0.3, 0.4) is 0 Å². The zero-order chi connectivity index (χ0) is 13.5. The lowest BCUT2D eigenvalue weighted by atomic mass is 10.2. The van der Waals surface area contributed by atoms with Crippen molar-refractivity contribution in [3.8, 4) is 0 Å². The van der Waals surface area contributed by atoms with E-state index in [-0.39, 0.29) is 13.4 Å². The Bertz CT molecular complexity index is 609. The zero-order valence-corrected chi connectivity index (χ0v) is 14.7. The smallest absolute Gasteiger partial charge is 0.338 e. The predicted molar refractivity (Wildman–Crippen MR) is 74.0 cm³/mol. The number of rotatable bonds is 2. The Morgan fingerprint density at radius 2 is 1.35 bits per heavy atom. The van der Waals surface area contributed by atoms with Gasteiger partial charge in [0, 0.05) is 13.4 Å². The third kappa shape index (κ3) is 2.92. The Balaban J connectivity index is 4.00. The standard InChI is InChI=1S/C7H2Br4O5S/c8-2-1(7(12)13)6(17(14,15)16)5(11)4(10)3(2)9/h(H,12,13)(H,14,15,16). The normalized spacial score (nSPS) is 11.6. The van der Waals surface area contributed by atoms with Crippen LogP contribution < -0.4 is 0 Å². The molecular formula is C7H2Br4O5S. The van der Waals surface area contributed by atoms with E-state index in [4.69, 9.17) is 9.66 Å². The van der Waals surface area contributed by atoms with Crippen molar-refractivity contribution in [3.63, 3.8) is 0 Å². The summed E-state index contributed by atoms with van der Waals surface area (Å²) in [6.45, 7) is 0. The number of carbonyl (C=O) groups is 1. The third-order valence-electron chi connectivity index (χ3n) is 1.70. The Morgan fingerprint density at radius 1 is 0.941 bits per heavy atom. The van der Waals surface area contributed by atoms with Crippen molar-refractivity contribution in [1.29, 1.82) is 0 Å². The van der Waals surface area contributed by atoms with E-state index in [0.717, 1.165) is 0 Å². The van der Waals surface area contributed by atoms with Gasteiger partial charge in [0.1, 0.15) is 4.90 Å². The van der Waals surface area contributed by atoms with Gasteiger partial charge in [-0.1, -0.05) is 0 Å². The maximum Gasteiger partial charge on any atom is 0.338 e. The number of carboxylic acid groups (broad SMARTS) is 1. The van der Waals surface area contributed by atoms with Crippen molar-refractivity contribution in [2.24, 2.45) is 0 Å². The topological polar surface area (TPSA) is 91.7 Å². The lowest BCUT2D eigenvalue weighted by molar-refractivity contribution is 0.0691. The van der Waals surface area contributed by atoms with Gasteiger partial charge in [0.15, 0.2) is 0 Å². The molecule has 17 heavy (non-hydrogen) atoms. The number of hydrogen-bond acceptors (Lipinski definition) is 3. The average molecular weight is 518 g/mol. The Kier molecular flexibility index (Phi) is 4.81. The minimum atomic E-state index is -4.68. The molecule has 5 nitrogen and oxygen atoms in total. The van der Waals surface area contributed by atoms with E-state index in [2.05, 4.69) is 63.7 Å². The molecule has 0 aliphatic carbocycles. The van der Waals surface area contributed by atoms with E-state index in [0.29, 0.717) is 4.47 Å². The van der Waals surface area contributed by atoms with E-state index in [1.54, 1.807) is 0 Å². The molecule has 1 aromatic carbocycles. The Hall–Kier alpha value is 0.520. The number of aromatic carboxylic acids is 1. The molecule has 0 fully saturated rings. The highest BCUT2D eigenvalue weighted by Gasteiger charge is 2.30. The molecule has 2 N–H and O–H groups in total. The van der Waals surface area contributed by atoms with Crippen molar-refractivity contribution < 1.29 is 22.9 Å². The second-order valence-electron chi connectivity index (χ2n) is 2.74. The van der Waals surface area contributed by atoms with Gasteiger partial charge in [0.05, 0.1) is 10.0 Å². The molecule has 0 saturated heterocycles. The van der Waals surface area contributed by atoms with Crippen LogP contribution in [0.1, 0.15) is 10.4 Å². The lowest BCUT2D eigenvalue weighted by Crippen LogP contribution is -2.11. The first kappa shape index (κ1) is 15.6. The number of hydrogen-bond donors (Lipinski definition) is 2. The van der Waals surface area contributed by atoms with Gasteiger partial charge in [0.25, 0.3) is 10.1 Å². The minimum Gasteiger partial charge on any atom is -0.478 e. The summed E-state index contributed by atoms with van der Waals surface area (Å²) in [5.74, 6) is -1.49. The second kappa shape index (κ2) is 5.25. The molecule has 0 atom stereocenters. The van der Waals surface area contributed by atoms with E-state index < -0.39 is 26.5 Å². The average Bonchev–Trinajstić information content (AvgIpc) is 2.17. The highest BCUT2D eigenvalue weighted by molar-refractivity contribution is 9.15. The fourth-order valence-electron chi connectivity index (χ4n) is 1.04. The van der Waals surface area contributed by atoms with E-state index in [1.165, 1.54) is 0 Å². The minimum absolute atomic E-state index is 0.00713. The Labute approximate surface area is 130 Å². The number of benzene rings is 1. The van der Waals surface area contributed by atoms with Gasteiger partial charge in [-0.2, -0.15) is 8.42 Å². The summed E-state index contributed by atoms with van der Waals surface area (Å²) >= 11 is 12.0. The molecule has 0 spiro atoms. The maximum atomic E-state index is 11.2. The van der Waals surface area contributed by atoms with E-state index in [1.807, 2.05) is 0 Å². The summed E-state index contributed by atoms with van der Waals surface area (Å²) in [5.41, 5.74) is -0.561. The molecule has 0 amide bonds. The second-order valence-corrected chi connectivity index (χ2v) is 7.27. The first-order valence-electron chi connectivity index (χ1n) is 3.65. The van der Waals surface area contributed by atoms with Crippen LogP contribution in [-0.2, 0) is 10.1 Å². The molecule has 0 saturated carbocycles. The molecule has 0 aliphatic rings. The van der Waals surface area contributed by atoms with Crippen molar-refractivity contribution in [2.75, 3.05) is 0 Å². The van der Waals surface area contributed by atoms with Gasteiger partial charge in [-0.15, -0.1) is 0 Å². The van der Waals surface area contributed by atoms with E-state index >= 15 is 0 Å². The van der Waals surface area contributed by atoms with Gasteiger partial charge < -0.3 is 5.11 Å². The summed E-state index contributed by atoms with van der Waals surface area (Å²) in [6.07, 6.45) is 0. The van der Waals surface area contributed by atoms with Crippen LogP contribution in [0.4, 0.5) is 0 Å². The van der Waals surface area contributed by atoms with Crippen LogP contribution in [0.15, 0.2) is 22.8 Å². The summed E-state index contributed by atoms with van der Waals surface area (Å²) in [6, 6.07) is 0. The fourth-order valence-corrected chi connectivity index (χ4v) is 4.98. The first-order chi connectivity index (χ1) is 7.59. The third-order valence-corrected chi connectivity index (χ3v) is 7.65. The van der Waals surface area contributed by atoms with E-state index in [9.17, 15) is 13.2 Å². The van der Waals surface area contributed by atoms with Crippen molar-refractivity contribution in [2.45, 2.75) is 4.90 Å². The van der Waals surface area contributed by atoms with Crippen LogP contribution in [0.5, 0.6) is 0 Å². The number of carboxylic acids is 1. The maximum absolute atomic E-state index is 11.2. The zero-order valence-electron chi connectivity index (χ0n) is 7.54. The SMILES string of the molecule is O=C(O)c1c(Br)c(Br)c(Br)c(Br)c1S(=O)(=O)O. The highest BCUT2D eigenvalue weighted by atomic mass is 79.9. The monoisotopic (exact) mass is 514 g/mol. The molecule has 0 aromatic heterocycles. The highest BCUT2D eigenvalue weighted by Crippen LogP contribution is 2.43. The summed E-state index contributed by atoms with van der Waals surface area (Å²) in [4.78, 5) is 10.3. The van der Waals surface area contributed by atoms with Crippen LogP contribution in [-0.4, -0.2) is 24.0 Å². The van der Waals surface area contributed by atoms with Gasteiger partial charge in [-0.3, -0.25) is 4.55 Å². The molecule has 0 unspecified atom stereocenters. The quantitative estimate of drug-likeness (QED) is 0.355. The predicted octanol–water partition coefficient (Wildman–Crippen LogP) is 3.68. The molecule has 0 heterocycles. The van der Waals surface area contributed by atoms with Gasteiger partial charge in [-0.05, 0) is 63.7 Å². The molecule has 0 aliphatic heterocycles. The van der Waals surface area contributed by atoms with Crippen LogP contribution in [0.2, 0.25) is 0 Å². The van der Waals surface area contributed by atoms with Crippen LogP contribution in [0.25, 0.3) is 0 Å². The molecule has 10 heteroatoms. The first-order valence-corrected chi connectivity index (χ1v) is 8.27. The number of halogens is 4. The Morgan fingerprint density at radius 3 is 1.71 bits per heavy atom. The molecule has 0 bridgehead atoms. The van der Waals surface area contributed by atoms with Crippen molar-refractivity contribution in [1.82, 2.24) is 0 Å². The van der Waals surface area contributed by atoms with Crippen LogP contribution >= 0.6 is 63.7 Å². The summed E-state index contributed by atoms with van der Waals surface area (Å²) in [7, 11) is -4.68. The molecular weight excluding hydrogens is 516 g/mol. The largest absolute Gasteiger partial charge is 0.478 e. The molecule has 1 rings (SSSR count). The summed E-state index contributed by atoms with van der Waals surface area (Å²) in [5, 5.41) is 8.99. The van der Waals surface area contributed by atoms with Crippen molar-refractivity contribution in [3.05, 3.63) is 23.5 Å². The molecule has 94 valence electrons. The van der Waals surface area contributed by atoms with Gasteiger partial charge in [-0.25, -0.2) is 4.79 Å². The molecule has 0 radical (unpaired) electrons. The van der Waals surface area contributed by atoms with Crippen LogP contribution in [0, 0.1) is 0 Å². The fraction of sp³-hybridized carbons (Fsp3) is 0. The lowest BCUT2D eigenvalue weighted by Gasteiger charge is -2.12. The summed E-state index contributed by atoms with van der Waals surface area (Å²) < 4.78 is 32.0. The van der Waals surface area contributed by atoms with Crippen molar-refractivity contribution >= 4 is 79.8 Å². The molecule has 1 aromatic rings. The van der Waals surface area contributed by atoms with Gasteiger partial charge >= 0.3 is 5.97 Å². The van der Waals surface area contributed by atoms with Gasteiger partial charge in [0.2, 0.25) is 0 Å².